The van der Waals surface area contributed by atoms with Crippen LogP contribution in [0.4, 0.5) is 0 Å². The van der Waals surface area contributed by atoms with E-state index in [-0.39, 0.29) is 34.5 Å². The molecule has 2 aromatic heterocycles. The lowest BCUT2D eigenvalue weighted by Crippen LogP contribution is -2.78. The molecule has 1 aromatic carbocycles. The van der Waals surface area contributed by atoms with Crippen molar-refractivity contribution < 1.29 is 10.2 Å². The highest BCUT2D eigenvalue weighted by molar-refractivity contribution is 7.16. The number of benzene rings is 1. The van der Waals surface area contributed by atoms with Crippen LogP contribution in [0.1, 0.15) is 60.1 Å². The topological polar surface area (TPSA) is 69.2 Å². The summed E-state index contributed by atoms with van der Waals surface area (Å²) >= 11 is 1.87. The van der Waals surface area contributed by atoms with Gasteiger partial charge in [0.15, 0.2) is 5.88 Å². The van der Waals surface area contributed by atoms with Crippen molar-refractivity contribution in [3.63, 3.8) is 0 Å². The van der Waals surface area contributed by atoms with E-state index in [0.717, 1.165) is 28.5 Å². The molecule has 0 radical (unpaired) electrons. The fourth-order valence-corrected chi connectivity index (χ4v) is 11.6. The van der Waals surface area contributed by atoms with Crippen LogP contribution in [-0.2, 0) is 12.0 Å². The molecule has 4 nitrogen and oxygen atoms in total. The number of hydrogen-bond acceptors (Lipinski definition) is 4. The van der Waals surface area contributed by atoms with E-state index in [1.54, 1.807) is 0 Å². The molecule has 0 amide bonds. The van der Waals surface area contributed by atoms with Gasteiger partial charge in [-0.1, -0.05) is 36.9 Å². The van der Waals surface area contributed by atoms with E-state index in [9.17, 15) is 15.5 Å². The molecule has 0 unspecified atom stereocenters. The summed E-state index contributed by atoms with van der Waals surface area (Å²) in [4.78, 5) is 2.57. The molecule has 0 atom stereocenters. The Balaban J connectivity index is 1.48. The van der Waals surface area contributed by atoms with Crippen molar-refractivity contribution in [1.29, 1.82) is 5.26 Å². The first-order valence-electron chi connectivity index (χ1n) is 12.4. The zero-order chi connectivity index (χ0) is 23.0. The highest BCUT2D eigenvalue weighted by Gasteiger charge is 2.83. The van der Waals surface area contributed by atoms with E-state index >= 15 is 0 Å². The summed E-state index contributed by atoms with van der Waals surface area (Å²) in [5.74, 6) is 1.66. The van der Waals surface area contributed by atoms with E-state index in [1.807, 2.05) is 17.4 Å². The summed E-state index contributed by atoms with van der Waals surface area (Å²) in [7, 11) is 0. The maximum Gasteiger partial charge on any atom is 0.203 e. The Kier molecular flexibility index (Phi) is 3.30. The van der Waals surface area contributed by atoms with E-state index in [4.69, 9.17) is 0 Å². The van der Waals surface area contributed by atoms with Crippen LogP contribution >= 0.6 is 11.3 Å². The quantitative estimate of drug-likeness (QED) is 0.458. The van der Waals surface area contributed by atoms with Gasteiger partial charge in [-0.05, 0) is 84.0 Å². The van der Waals surface area contributed by atoms with Crippen LogP contribution in [-0.4, -0.2) is 14.8 Å². The van der Waals surface area contributed by atoms with E-state index in [1.165, 1.54) is 58.4 Å². The largest absolute Gasteiger partial charge is 0.494 e. The smallest absolute Gasteiger partial charge is 0.203 e. The SMILES string of the molecule is C=C1c2cc(-c3ccccc3)sc2C2(c3c1c(O)n(CC#N)c3O)C13CC4CC(C1)CC2(C4)C3. The molecule has 0 aliphatic heterocycles. The fourth-order valence-electron chi connectivity index (χ4n) is 9.95. The molecule has 7 fully saturated rings. The third kappa shape index (κ3) is 1.82. The second-order valence-electron chi connectivity index (χ2n) is 11.6. The lowest BCUT2D eigenvalue weighted by atomic mass is 9.20. The second-order valence-corrected chi connectivity index (χ2v) is 12.7. The number of nitriles is 1. The fraction of sp³-hybridized carbons (Fsp3) is 0.414. The molecule has 8 aliphatic rings. The van der Waals surface area contributed by atoms with Gasteiger partial charge in [0.05, 0.1) is 11.6 Å². The van der Waals surface area contributed by atoms with E-state index < -0.39 is 0 Å². The van der Waals surface area contributed by atoms with Gasteiger partial charge in [0.2, 0.25) is 5.88 Å². The average Bonchev–Trinajstić information content (AvgIpc) is 3.36. The van der Waals surface area contributed by atoms with Gasteiger partial charge in [-0.25, -0.2) is 0 Å². The summed E-state index contributed by atoms with van der Waals surface area (Å²) in [6.07, 6.45) is 7.41. The highest BCUT2D eigenvalue weighted by Crippen LogP contribution is 2.89. The molecule has 3 spiro atoms. The van der Waals surface area contributed by atoms with E-state index in [2.05, 4.69) is 43.0 Å². The first-order chi connectivity index (χ1) is 16.4. The van der Waals surface area contributed by atoms with Gasteiger partial charge in [-0.15, -0.1) is 11.3 Å². The van der Waals surface area contributed by atoms with Gasteiger partial charge in [0, 0.05) is 20.7 Å². The third-order valence-electron chi connectivity index (χ3n) is 10.2. The van der Waals surface area contributed by atoms with Crippen LogP contribution in [0.25, 0.3) is 16.0 Å². The van der Waals surface area contributed by atoms with Gasteiger partial charge < -0.3 is 10.2 Å². The molecule has 170 valence electrons. The first-order valence-corrected chi connectivity index (χ1v) is 13.2. The molecule has 5 heteroatoms. The molecule has 34 heavy (non-hydrogen) atoms. The number of rotatable bonds is 2. The van der Waals surface area contributed by atoms with E-state index in [0.29, 0.717) is 5.56 Å². The molecular formula is C29H26N2O2S. The first kappa shape index (κ1) is 19.3. The van der Waals surface area contributed by atoms with Crippen molar-refractivity contribution in [2.45, 2.75) is 50.5 Å². The zero-order valence-corrected chi connectivity index (χ0v) is 19.8. The van der Waals surface area contributed by atoms with Gasteiger partial charge in [0.25, 0.3) is 0 Å². The van der Waals surface area contributed by atoms with Crippen LogP contribution in [0.15, 0.2) is 43.0 Å². The molecule has 0 saturated heterocycles. The second kappa shape index (κ2) is 5.80. The Hall–Kier alpha value is -2.97. The molecule has 11 rings (SSSR count). The van der Waals surface area contributed by atoms with Gasteiger partial charge in [-0.3, -0.25) is 4.57 Å². The number of nitrogens with zero attached hydrogens (tertiary/aromatic N) is 2. The monoisotopic (exact) mass is 466 g/mol. The Labute approximate surface area is 202 Å². The lowest BCUT2D eigenvalue weighted by molar-refractivity contribution is -0.282. The summed E-state index contributed by atoms with van der Waals surface area (Å²) in [6.45, 7) is 4.38. The van der Waals surface area contributed by atoms with Gasteiger partial charge >= 0.3 is 0 Å². The number of fused-ring (bicyclic) bond motifs is 2. The average molecular weight is 467 g/mol. The summed E-state index contributed by atoms with van der Waals surface area (Å²) in [6, 6.07) is 14.9. The normalized spacial score (nSPS) is 35.7. The van der Waals surface area contributed by atoms with Gasteiger partial charge in [0.1, 0.15) is 6.54 Å². The Morgan fingerprint density at radius 2 is 1.74 bits per heavy atom. The van der Waals surface area contributed by atoms with Crippen LogP contribution in [0.3, 0.4) is 0 Å². The summed E-state index contributed by atoms with van der Waals surface area (Å²) in [5, 5.41) is 32.4. The third-order valence-corrected chi connectivity index (χ3v) is 11.5. The number of aromatic nitrogens is 1. The zero-order valence-electron chi connectivity index (χ0n) is 19.0. The predicted octanol–water partition coefficient (Wildman–Crippen LogP) is 6.41. The van der Waals surface area contributed by atoms with Crippen molar-refractivity contribution in [2.75, 3.05) is 0 Å². The molecular weight excluding hydrogens is 440 g/mol. The molecule has 3 aromatic rings. The number of hydrogen-bond donors (Lipinski definition) is 2. The maximum atomic E-state index is 11.7. The molecule has 2 heterocycles. The highest BCUT2D eigenvalue weighted by atomic mass is 32.1. The minimum Gasteiger partial charge on any atom is -0.494 e. The Bertz CT molecular complexity index is 1420. The molecule has 2 N–H and O–H groups in total. The van der Waals surface area contributed by atoms with Crippen molar-refractivity contribution in [2.24, 2.45) is 22.7 Å². The van der Waals surface area contributed by atoms with Crippen LogP contribution in [0, 0.1) is 34.0 Å². The molecule has 7 saturated carbocycles. The van der Waals surface area contributed by atoms with Crippen LogP contribution < -0.4 is 0 Å². The number of thiophene rings is 1. The summed E-state index contributed by atoms with van der Waals surface area (Å²) in [5.41, 5.74) is 4.63. The van der Waals surface area contributed by atoms with Crippen molar-refractivity contribution >= 4 is 16.9 Å². The molecule has 8 aliphatic carbocycles. The molecule has 4 bridgehead atoms. The Morgan fingerprint density at radius 3 is 2.38 bits per heavy atom. The van der Waals surface area contributed by atoms with Crippen molar-refractivity contribution in [3.05, 3.63) is 64.5 Å². The minimum atomic E-state index is -0.292. The lowest BCUT2D eigenvalue weighted by Gasteiger charge is -2.83. The number of aromatic hydroxyl groups is 2. The van der Waals surface area contributed by atoms with Crippen LogP contribution in [0.2, 0.25) is 0 Å². The standard InChI is InChI=1S/C29H26N2O2S/c1-16-20-10-21(19-5-3-2-4-6-19)34-24(20)29(23-22(16)25(32)31(8-7-30)26(23)33)27-11-17-9-18(13-27)14-28(29,12-17)15-27/h2-6,10,17-18,32-33H,1,8-9,11-15H2. The predicted molar refractivity (Wildman–Crippen MR) is 132 cm³/mol. The Morgan fingerprint density at radius 1 is 1.06 bits per heavy atom. The van der Waals surface area contributed by atoms with Crippen LogP contribution in [0.5, 0.6) is 11.8 Å². The van der Waals surface area contributed by atoms with Gasteiger partial charge in [-0.2, -0.15) is 5.26 Å². The maximum absolute atomic E-state index is 11.7. The summed E-state index contributed by atoms with van der Waals surface area (Å²) < 4.78 is 1.41. The van der Waals surface area contributed by atoms with Crippen molar-refractivity contribution in [1.82, 2.24) is 4.57 Å². The minimum absolute atomic E-state index is 0.00228. The van der Waals surface area contributed by atoms with Crippen molar-refractivity contribution in [3.8, 4) is 28.3 Å².